The molecule has 0 spiro atoms. The van der Waals surface area contributed by atoms with Gasteiger partial charge in [-0.2, -0.15) is 0 Å². The first-order chi connectivity index (χ1) is 8.10. The fourth-order valence-electron chi connectivity index (χ4n) is 1.70. The second kappa shape index (κ2) is 6.42. The summed E-state index contributed by atoms with van der Waals surface area (Å²) in [6.45, 7) is 2.08. The third-order valence-corrected chi connectivity index (χ3v) is 2.69. The van der Waals surface area contributed by atoms with Crippen LogP contribution in [-0.2, 0) is 11.2 Å². The molecule has 0 saturated heterocycles. The Kier molecular flexibility index (Phi) is 5.19. The van der Waals surface area contributed by atoms with Crippen molar-refractivity contribution in [2.45, 2.75) is 26.2 Å². The molecule has 17 heavy (non-hydrogen) atoms. The molecule has 5 heteroatoms. The molecule has 0 fully saturated rings. The third kappa shape index (κ3) is 3.58. The lowest BCUT2D eigenvalue weighted by Gasteiger charge is -2.11. The van der Waals surface area contributed by atoms with E-state index in [1.807, 2.05) is 0 Å². The van der Waals surface area contributed by atoms with Gasteiger partial charge in [0.25, 0.3) is 0 Å². The summed E-state index contributed by atoms with van der Waals surface area (Å²) in [5.74, 6) is 0.0849. The van der Waals surface area contributed by atoms with Crippen molar-refractivity contribution in [2.24, 2.45) is 0 Å². The summed E-state index contributed by atoms with van der Waals surface area (Å²) in [5, 5.41) is 26.1. The Labute approximate surface area is 102 Å². The van der Waals surface area contributed by atoms with Gasteiger partial charge in [0, 0.05) is 5.56 Å². The van der Waals surface area contributed by atoms with Crippen molar-refractivity contribution >= 4 is 18.5 Å². The molecule has 0 unspecified atom stereocenters. The van der Waals surface area contributed by atoms with Crippen molar-refractivity contribution in [1.29, 1.82) is 5.41 Å². The highest BCUT2D eigenvalue weighted by atomic mass is 16.5. The zero-order valence-electron chi connectivity index (χ0n) is 10.2. The molecule has 3 N–H and O–H groups in total. The smallest absolute Gasteiger partial charge is 0.481 e. The maximum atomic E-state index is 9.26. The summed E-state index contributed by atoms with van der Waals surface area (Å²) in [7, 11) is -0.0179. The van der Waals surface area contributed by atoms with Crippen LogP contribution in [0.2, 0.25) is 0 Å². The van der Waals surface area contributed by atoms with Crippen molar-refractivity contribution in [3.05, 3.63) is 29.3 Å². The number of aryl methyl sites for hydroxylation is 1. The van der Waals surface area contributed by atoms with Crippen LogP contribution in [0.1, 0.15) is 30.9 Å². The SMILES string of the molecule is CCCCc1cc(C(=N)OC)ccc1B(O)O. The Hall–Kier alpha value is -1.33. The fraction of sp³-hybridized carbons (Fsp3) is 0.417. The largest absolute Gasteiger partial charge is 0.488 e. The molecular weight excluding hydrogens is 217 g/mol. The topological polar surface area (TPSA) is 73.5 Å². The van der Waals surface area contributed by atoms with Crippen molar-refractivity contribution < 1.29 is 14.8 Å². The molecule has 0 amide bonds. The molecule has 0 aliphatic rings. The van der Waals surface area contributed by atoms with Gasteiger partial charge in [0.1, 0.15) is 0 Å². The van der Waals surface area contributed by atoms with E-state index >= 15 is 0 Å². The first-order valence-electron chi connectivity index (χ1n) is 5.72. The lowest BCUT2D eigenvalue weighted by atomic mass is 9.75. The standard InChI is InChI=1S/C12H18BNO3/c1-3-4-5-9-8-10(12(14)17-2)6-7-11(9)13(15)16/h6-8,14-16H,3-5H2,1-2H3. The van der Waals surface area contributed by atoms with E-state index in [0.717, 1.165) is 24.8 Å². The highest BCUT2D eigenvalue weighted by Crippen LogP contribution is 2.08. The van der Waals surface area contributed by atoms with Gasteiger partial charge in [0.05, 0.1) is 7.11 Å². The molecule has 0 atom stereocenters. The Morgan fingerprint density at radius 1 is 1.41 bits per heavy atom. The maximum Gasteiger partial charge on any atom is 0.488 e. The molecule has 4 nitrogen and oxygen atoms in total. The zero-order chi connectivity index (χ0) is 12.8. The maximum absolute atomic E-state index is 9.26. The minimum atomic E-state index is -1.47. The molecule has 92 valence electrons. The normalized spacial score (nSPS) is 10.1. The summed E-state index contributed by atoms with van der Waals surface area (Å²) >= 11 is 0. The van der Waals surface area contributed by atoms with Crippen molar-refractivity contribution in [3.8, 4) is 0 Å². The van der Waals surface area contributed by atoms with Crippen LogP contribution < -0.4 is 5.46 Å². The molecule has 1 aromatic rings. The van der Waals surface area contributed by atoms with Gasteiger partial charge in [-0.3, -0.25) is 5.41 Å². The molecule has 0 aromatic heterocycles. The first kappa shape index (κ1) is 13.7. The zero-order valence-corrected chi connectivity index (χ0v) is 10.2. The molecular formula is C12H18BNO3. The lowest BCUT2D eigenvalue weighted by Crippen LogP contribution is -2.33. The van der Waals surface area contributed by atoms with Gasteiger partial charge in [0.2, 0.25) is 5.90 Å². The molecule has 0 radical (unpaired) electrons. The van der Waals surface area contributed by atoms with E-state index in [1.165, 1.54) is 7.11 Å². The number of unbranched alkanes of at least 4 members (excludes halogenated alkanes) is 1. The third-order valence-electron chi connectivity index (χ3n) is 2.69. The predicted octanol–water partition coefficient (Wildman–Crippen LogP) is 0.681. The molecule has 0 aliphatic heterocycles. The van der Waals surface area contributed by atoms with Gasteiger partial charge in [0.15, 0.2) is 0 Å². The van der Waals surface area contributed by atoms with E-state index in [0.29, 0.717) is 11.0 Å². The molecule has 0 aliphatic carbocycles. The second-order valence-corrected chi connectivity index (χ2v) is 3.92. The highest BCUT2D eigenvalue weighted by Gasteiger charge is 2.16. The average molecular weight is 235 g/mol. The Morgan fingerprint density at radius 3 is 2.65 bits per heavy atom. The average Bonchev–Trinajstić information content (AvgIpc) is 2.34. The van der Waals surface area contributed by atoms with Gasteiger partial charge in [-0.05, 0) is 36.0 Å². The van der Waals surface area contributed by atoms with E-state index < -0.39 is 7.12 Å². The predicted molar refractivity (Wildman–Crippen MR) is 68.7 cm³/mol. The first-order valence-corrected chi connectivity index (χ1v) is 5.72. The number of ether oxygens (including phenoxy) is 1. The second-order valence-electron chi connectivity index (χ2n) is 3.92. The quantitative estimate of drug-likeness (QED) is 0.399. The summed E-state index contributed by atoms with van der Waals surface area (Å²) < 4.78 is 4.85. The Bertz CT molecular complexity index is 393. The van der Waals surface area contributed by atoms with Gasteiger partial charge in [-0.15, -0.1) is 0 Å². The molecule has 0 heterocycles. The highest BCUT2D eigenvalue weighted by molar-refractivity contribution is 6.59. The Morgan fingerprint density at radius 2 is 2.12 bits per heavy atom. The fourth-order valence-corrected chi connectivity index (χ4v) is 1.70. The van der Waals surface area contributed by atoms with Gasteiger partial charge in [-0.25, -0.2) is 0 Å². The van der Waals surface area contributed by atoms with E-state index in [-0.39, 0.29) is 5.90 Å². The van der Waals surface area contributed by atoms with E-state index in [2.05, 4.69) is 6.92 Å². The van der Waals surface area contributed by atoms with Crippen LogP contribution in [0, 0.1) is 5.41 Å². The minimum Gasteiger partial charge on any atom is -0.481 e. The van der Waals surface area contributed by atoms with Crippen molar-refractivity contribution in [1.82, 2.24) is 0 Å². The molecule has 1 rings (SSSR count). The molecule has 0 bridgehead atoms. The summed E-state index contributed by atoms with van der Waals surface area (Å²) in [6, 6.07) is 5.09. The molecule has 1 aromatic carbocycles. The van der Waals surface area contributed by atoms with Gasteiger partial charge >= 0.3 is 7.12 Å². The van der Waals surface area contributed by atoms with E-state index in [1.54, 1.807) is 18.2 Å². The van der Waals surface area contributed by atoms with Crippen molar-refractivity contribution in [3.63, 3.8) is 0 Å². The van der Waals surface area contributed by atoms with Gasteiger partial charge < -0.3 is 14.8 Å². The van der Waals surface area contributed by atoms with E-state index in [9.17, 15) is 10.0 Å². The van der Waals surface area contributed by atoms with Crippen LogP contribution in [0.25, 0.3) is 0 Å². The minimum absolute atomic E-state index is 0.0849. The van der Waals surface area contributed by atoms with Crippen LogP contribution in [-0.4, -0.2) is 30.2 Å². The van der Waals surface area contributed by atoms with Crippen LogP contribution in [0.4, 0.5) is 0 Å². The van der Waals surface area contributed by atoms with Gasteiger partial charge in [-0.1, -0.05) is 19.4 Å². The molecule has 0 saturated carbocycles. The van der Waals surface area contributed by atoms with Crippen LogP contribution >= 0.6 is 0 Å². The number of benzene rings is 1. The number of hydrogen-bond donors (Lipinski definition) is 3. The van der Waals surface area contributed by atoms with Crippen LogP contribution in [0.3, 0.4) is 0 Å². The summed E-state index contributed by atoms with van der Waals surface area (Å²) in [5.41, 5.74) is 2.02. The van der Waals surface area contributed by atoms with Crippen LogP contribution in [0.5, 0.6) is 0 Å². The number of nitrogens with one attached hydrogen (secondary N) is 1. The monoisotopic (exact) mass is 235 g/mol. The van der Waals surface area contributed by atoms with Crippen LogP contribution in [0.15, 0.2) is 18.2 Å². The summed E-state index contributed by atoms with van der Waals surface area (Å²) in [6.07, 6.45) is 2.78. The lowest BCUT2D eigenvalue weighted by molar-refractivity contribution is 0.401. The number of methoxy groups -OCH3 is 1. The van der Waals surface area contributed by atoms with Crippen molar-refractivity contribution in [2.75, 3.05) is 7.11 Å². The number of hydrogen-bond acceptors (Lipinski definition) is 4. The summed E-state index contributed by atoms with van der Waals surface area (Å²) in [4.78, 5) is 0. The Balaban J connectivity index is 3.05. The van der Waals surface area contributed by atoms with E-state index in [4.69, 9.17) is 10.1 Å². The number of rotatable bonds is 5.